The first-order valence-electron chi connectivity index (χ1n) is 6.32. The maximum absolute atomic E-state index is 11.9. The molecule has 1 aliphatic rings. The molecule has 0 radical (unpaired) electrons. The van der Waals surface area contributed by atoms with Crippen molar-refractivity contribution >= 4 is 16.0 Å². The fourth-order valence-corrected chi connectivity index (χ4v) is 2.84. The predicted molar refractivity (Wildman–Crippen MR) is 70.4 cm³/mol. The minimum absolute atomic E-state index is 0.0687. The second kappa shape index (κ2) is 5.71. The van der Waals surface area contributed by atoms with Gasteiger partial charge in [0, 0.05) is 6.04 Å². The molecule has 1 aromatic carbocycles. The third kappa shape index (κ3) is 3.78. The number of hydrogen-bond donors (Lipinski definition) is 1. The Balaban J connectivity index is 2.07. The second-order valence-electron chi connectivity index (χ2n) is 4.56. The largest absolute Gasteiger partial charge is 0.462 e. The van der Waals surface area contributed by atoms with Crippen LogP contribution in [0, 0.1) is 0 Å². The third-order valence-electron chi connectivity index (χ3n) is 2.74. The van der Waals surface area contributed by atoms with Crippen molar-refractivity contribution in [3.05, 3.63) is 29.8 Å². The summed E-state index contributed by atoms with van der Waals surface area (Å²) in [6, 6.07) is 5.86. The van der Waals surface area contributed by atoms with Gasteiger partial charge < -0.3 is 4.74 Å². The highest BCUT2D eigenvalue weighted by atomic mass is 32.2. The van der Waals surface area contributed by atoms with Gasteiger partial charge in [0.25, 0.3) is 0 Å². The van der Waals surface area contributed by atoms with Gasteiger partial charge in [0.1, 0.15) is 0 Å². The lowest BCUT2D eigenvalue weighted by atomic mass is 10.2. The number of hydrogen-bond acceptors (Lipinski definition) is 4. The zero-order valence-corrected chi connectivity index (χ0v) is 11.6. The average Bonchev–Trinajstić information content (AvgIpc) is 3.19. The summed E-state index contributed by atoms with van der Waals surface area (Å²) in [5.74, 6) is -0.430. The van der Waals surface area contributed by atoms with E-state index in [1.807, 2.05) is 6.92 Å². The average molecular weight is 283 g/mol. The lowest BCUT2D eigenvalue weighted by Gasteiger charge is -2.06. The lowest BCUT2D eigenvalue weighted by Crippen LogP contribution is -2.25. The number of benzene rings is 1. The summed E-state index contributed by atoms with van der Waals surface area (Å²) in [5.41, 5.74) is 0.360. The normalized spacial score (nSPS) is 15.2. The van der Waals surface area contributed by atoms with Gasteiger partial charge in [0.05, 0.1) is 17.1 Å². The smallest absolute Gasteiger partial charge is 0.338 e. The fourth-order valence-electron chi connectivity index (χ4n) is 1.54. The molecule has 5 nitrogen and oxygen atoms in total. The third-order valence-corrected chi connectivity index (χ3v) is 4.27. The maximum Gasteiger partial charge on any atom is 0.338 e. The van der Waals surface area contributed by atoms with E-state index in [2.05, 4.69) is 4.72 Å². The van der Waals surface area contributed by atoms with E-state index in [9.17, 15) is 13.2 Å². The Morgan fingerprint density at radius 3 is 2.47 bits per heavy atom. The van der Waals surface area contributed by atoms with Crippen molar-refractivity contribution < 1.29 is 17.9 Å². The molecule has 0 atom stereocenters. The first-order chi connectivity index (χ1) is 9.03. The first-order valence-corrected chi connectivity index (χ1v) is 7.81. The van der Waals surface area contributed by atoms with Crippen LogP contribution in [-0.4, -0.2) is 27.0 Å². The highest BCUT2D eigenvalue weighted by molar-refractivity contribution is 7.89. The summed E-state index contributed by atoms with van der Waals surface area (Å²) in [5, 5.41) is 0. The minimum atomic E-state index is -3.46. The number of sulfonamides is 1. The summed E-state index contributed by atoms with van der Waals surface area (Å²) in [7, 11) is -3.46. The van der Waals surface area contributed by atoms with E-state index in [4.69, 9.17) is 4.74 Å². The lowest BCUT2D eigenvalue weighted by molar-refractivity contribution is 0.0505. The number of rotatable bonds is 6. The quantitative estimate of drug-likeness (QED) is 0.806. The van der Waals surface area contributed by atoms with E-state index in [0.717, 1.165) is 19.3 Å². The van der Waals surface area contributed by atoms with Crippen molar-refractivity contribution in [3.8, 4) is 0 Å². The van der Waals surface area contributed by atoms with Gasteiger partial charge in [-0.05, 0) is 43.5 Å². The van der Waals surface area contributed by atoms with E-state index in [1.165, 1.54) is 24.3 Å². The highest BCUT2D eigenvalue weighted by Gasteiger charge is 2.27. The minimum Gasteiger partial charge on any atom is -0.462 e. The van der Waals surface area contributed by atoms with Crippen LogP contribution in [0.2, 0.25) is 0 Å². The molecule has 0 amide bonds. The van der Waals surface area contributed by atoms with E-state index in [1.54, 1.807) is 0 Å². The van der Waals surface area contributed by atoms with Crippen LogP contribution in [0.5, 0.6) is 0 Å². The molecule has 0 unspecified atom stereocenters. The number of carbonyl (C=O) groups excluding carboxylic acids is 1. The molecule has 1 aromatic rings. The SMILES string of the molecule is CCCOC(=O)c1ccc(S(=O)(=O)NC2CC2)cc1. The summed E-state index contributed by atoms with van der Waals surface area (Å²) in [6.45, 7) is 2.27. The molecule has 0 saturated heterocycles. The van der Waals surface area contributed by atoms with Crippen LogP contribution in [0.3, 0.4) is 0 Å². The van der Waals surface area contributed by atoms with E-state index < -0.39 is 16.0 Å². The van der Waals surface area contributed by atoms with Gasteiger partial charge in [-0.2, -0.15) is 0 Å². The molecular weight excluding hydrogens is 266 g/mol. The molecule has 0 aliphatic heterocycles. The predicted octanol–water partition coefficient (Wildman–Crippen LogP) is 1.69. The number of carbonyl (C=O) groups is 1. The van der Waals surface area contributed by atoms with Crippen LogP contribution in [0.4, 0.5) is 0 Å². The maximum atomic E-state index is 11.9. The zero-order valence-electron chi connectivity index (χ0n) is 10.8. The molecule has 1 N–H and O–H groups in total. The van der Waals surface area contributed by atoms with Gasteiger partial charge in [0.15, 0.2) is 0 Å². The number of esters is 1. The summed E-state index contributed by atoms with van der Waals surface area (Å²) < 4.78 is 31.4. The molecule has 0 heterocycles. The molecule has 0 aromatic heterocycles. The Labute approximate surface area is 113 Å². The van der Waals surface area contributed by atoms with Gasteiger partial charge in [-0.25, -0.2) is 17.9 Å². The molecule has 0 spiro atoms. The Kier molecular flexibility index (Phi) is 4.21. The summed E-state index contributed by atoms with van der Waals surface area (Å²) >= 11 is 0. The van der Waals surface area contributed by atoms with Crippen molar-refractivity contribution in [2.75, 3.05) is 6.61 Å². The fraction of sp³-hybridized carbons (Fsp3) is 0.462. The molecule has 2 rings (SSSR count). The zero-order chi connectivity index (χ0) is 13.9. The van der Waals surface area contributed by atoms with Gasteiger partial charge in [0.2, 0.25) is 10.0 Å². The Hall–Kier alpha value is -1.40. The van der Waals surface area contributed by atoms with Crippen molar-refractivity contribution in [3.63, 3.8) is 0 Å². The van der Waals surface area contributed by atoms with Gasteiger partial charge in [-0.3, -0.25) is 0 Å². The molecule has 1 fully saturated rings. The van der Waals surface area contributed by atoms with Gasteiger partial charge in [-0.15, -0.1) is 0 Å². The molecule has 1 saturated carbocycles. The molecule has 6 heteroatoms. The van der Waals surface area contributed by atoms with Crippen LogP contribution >= 0.6 is 0 Å². The Morgan fingerprint density at radius 1 is 1.32 bits per heavy atom. The van der Waals surface area contributed by atoms with E-state index in [0.29, 0.717) is 12.2 Å². The van der Waals surface area contributed by atoms with Crippen molar-refractivity contribution in [2.24, 2.45) is 0 Å². The van der Waals surface area contributed by atoms with Crippen LogP contribution in [0.15, 0.2) is 29.2 Å². The molecule has 19 heavy (non-hydrogen) atoms. The highest BCUT2D eigenvalue weighted by Crippen LogP contribution is 2.22. The Morgan fingerprint density at radius 2 is 1.95 bits per heavy atom. The molecule has 104 valence electrons. The monoisotopic (exact) mass is 283 g/mol. The number of ether oxygens (including phenoxy) is 1. The van der Waals surface area contributed by atoms with Crippen molar-refractivity contribution in [2.45, 2.75) is 37.1 Å². The topological polar surface area (TPSA) is 72.5 Å². The first kappa shape index (κ1) is 14.0. The van der Waals surface area contributed by atoms with Crippen LogP contribution in [0.25, 0.3) is 0 Å². The van der Waals surface area contributed by atoms with Crippen LogP contribution in [-0.2, 0) is 14.8 Å². The molecule has 0 bridgehead atoms. The Bertz CT molecular complexity index is 547. The molecule has 1 aliphatic carbocycles. The second-order valence-corrected chi connectivity index (χ2v) is 6.27. The van der Waals surface area contributed by atoms with E-state index >= 15 is 0 Å². The summed E-state index contributed by atoms with van der Waals surface area (Å²) in [6.07, 6.45) is 2.53. The van der Waals surface area contributed by atoms with Crippen LogP contribution < -0.4 is 4.72 Å². The van der Waals surface area contributed by atoms with Crippen LogP contribution in [0.1, 0.15) is 36.5 Å². The summed E-state index contributed by atoms with van der Waals surface area (Å²) in [4.78, 5) is 11.7. The number of nitrogens with one attached hydrogen (secondary N) is 1. The van der Waals surface area contributed by atoms with Crippen molar-refractivity contribution in [1.29, 1.82) is 0 Å². The van der Waals surface area contributed by atoms with Gasteiger partial charge >= 0.3 is 5.97 Å². The van der Waals surface area contributed by atoms with Crippen molar-refractivity contribution in [1.82, 2.24) is 4.72 Å². The standard InChI is InChI=1S/C13H17NO4S/c1-2-9-18-13(15)10-3-7-12(8-4-10)19(16,17)14-11-5-6-11/h3-4,7-8,11,14H,2,5-6,9H2,1H3. The van der Waals surface area contributed by atoms with E-state index in [-0.39, 0.29) is 10.9 Å². The molecular formula is C13H17NO4S. The van der Waals surface area contributed by atoms with Gasteiger partial charge in [-0.1, -0.05) is 6.92 Å².